The number of hydrogen-bond acceptors (Lipinski definition) is 3. The van der Waals surface area contributed by atoms with E-state index in [0.717, 1.165) is 23.2 Å². The van der Waals surface area contributed by atoms with Gasteiger partial charge in [-0.1, -0.05) is 30.3 Å². The molecule has 3 nitrogen and oxygen atoms in total. The smallest absolute Gasteiger partial charge is 0.177 e. The average Bonchev–Trinajstić information content (AvgIpc) is 2.40. The maximum absolute atomic E-state index is 12.2. The third kappa shape index (κ3) is 3.73. The number of carbonyl (C=O) groups excluding carboxylic acids is 1. The largest absolute Gasteiger partial charge is 0.295 e. The summed E-state index contributed by atoms with van der Waals surface area (Å²) in [6.45, 7) is 3.11. The molecule has 1 heterocycles. The number of likely N-dealkylation sites (N-methyl/N-ethyl adjacent to an activating group) is 1. The quantitative estimate of drug-likeness (QED) is 0.769. The van der Waals surface area contributed by atoms with Crippen molar-refractivity contribution in [2.24, 2.45) is 0 Å². The maximum atomic E-state index is 12.2. The van der Waals surface area contributed by atoms with Crippen molar-refractivity contribution in [3.63, 3.8) is 0 Å². The lowest BCUT2D eigenvalue weighted by Crippen LogP contribution is -2.26. The first-order valence-electron chi connectivity index (χ1n) is 6.33. The number of benzene rings is 1. The van der Waals surface area contributed by atoms with Gasteiger partial charge in [-0.05, 0) is 31.2 Å². The van der Waals surface area contributed by atoms with Gasteiger partial charge >= 0.3 is 0 Å². The first-order valence-corrected chi connectivity index (χ1v) is 6.33. The molecule has 0 spiro atoms. The van der Waals surface area contributed by atoms with Gasteiger partial charge in [0.05, 0.1) is 6.54 Å². The number of ketones is 1. The Labute approximate surface area is 113 Å². The molecule has 1 aromatic carbocycles. The SMILES string of the molecule is Cc1ccccc1C(=O)CN(C)Cc1cccnc1. The third-order valence-corrected chi connectivity index (χ3v) is 3.03. The Morgan fingerprint density at radius 2 is 2.00 bits per heavy atom. The second-order valence-electron chi connectivity index (χ2n) is 4.77. The normalized spacial score (nSPS) is 10.7. The van der Waals surface area contributed by atoms with Crippen molar-refractivity contribution >= 4 is 5.78 Å². The Morgan fingerprint density at radius 3 is 2.68 bits per heavy atom. The van der Waals surface area contributed by atoms with Crippen molar-refractivity contribution in [3.05, 3.63) is 65.5 Å². The lowest BCUT2D eigenvalue weighted by molar-refractivity contribution is 0.0942. The number of aromatic nitrogens is 1. The van der Waals surface area contributed by atoms with Crippen LogP contribution in [0.1, 0.15) is 21.5 Å². The summed E-state index contributed by atoms with van der Waals surface area (Å²) in [4.78, 5) is 18.3. The molecular weight excluding hydrogens is 236 g/mol. The highest BCUT2D eigenvalue weighted by atomic mass is 16.1. The molecule has 0 unspecified atom stereocenters. The molecule has 2 aromatic rings. The van der Waals surface area contributed by atoms with Crippen molar-refractivity contribution in [2.45, 2.75) is 13.5 Å². The van der Waals surface area contributed by atoms with E-state index in [2.05, 4.69) is 4.98 Å². The summed E-state index contributed by atoms with van der Waals surface area (Å²) in [7, 11) is 1.95. The van der Waals surface area contributed by atoms with Gasteiger partial charge in [0.1, 0.15) is 0 Å². The monoisotopic (exact) mass is 254 g/mol. The van der Waals surface area contributed by atoms with Gasteiger partial charge in [-0.3, -0.25) is 14.7 Å². The van der Waals surface area contributed by atoms with E-state index in [9.17, 15) is 4.79 Å². The van der Waals surface area contributed by atoms with Crippen LogP contribution < -0.4 is 0 Å². The predicted molar refractivity (Wildman–Crippen MR) is 76.1 cm³/mol. The van der Waals surface area contributed by atoms with E-state index in [1.54, 1.807) is 6.20 Å². The fourth-order valence-corrected chi connectivity index (χ4v) is 2.08. The van der Waals surface area contributed by atoms with Gasteiger partial charge in [-0.2, -0.15) is 0 Å². The lowest BCUT2D eigenvalue weighted by atomic mass is 10.0. The Kier molecular flexibility index (Phi) is 4.42. The average molecular weight is 254 g/mol. The van der Waals surface area contributed by atoms with E-state index in [0.29, 0.717) is 6.54 Å². The molecule has 0 atom stereocenters. The maximum Gasteiger partial charge on any atom is 0.177 e. The Morgan fingerprint density at radius 1 is 1.21 bits per heavy atom. The van der Waals surface area contributed by atoms with Gasteiger partial charge in [-0.25, -0.2) is 0 Å². The molecule has 0 bridgehead atoms. The van der Waals surface area contributed by atoms with Crippen LogP contribution in [0.25, 0.3) is 0 Å². The summed E-state index contributed by atoms with van der Waals surface area (Å²) < 4.78 is 0. The van der Waals surface area contributed by atoms with Crippen molar-refractivity contribution in [1.82, 2.24) is 9.88 Å². The summed E-state index contributed by atoms with van der Waals surface area (Å²) >= 11 is 0. The summed E-state index contributed by atoms with van der Waals surface area (Å²) in [6.07, 6.45) is 3.58. The number of nitrogens with zero attached hydrogens (tertiary/aromatic N) is 2. The molecule has 0 fully saturated rings. The zero-order valence-corrected chi connectivity index (χ0v) is 11.3. The summed E-state index contributed by atoms with van der Waals surface area (Å²) in [5, 5.41) is 0. The number of rotatable bonds is 5. The molecule has 0 saturated carbocycles. The molecule has 0 aliphatic heterocycles. The molecule has 0 amide bonds. The number of pyridine rings is 1. The molecule has 19 heavy (non-hydrogen) atoms. The van der Waals surface area contributed by atoms with Crippen LogP contribution in [0.15, 0.2) is 48.8 Å². The van der Waals surface area contributed by atoms with Crippen LogP contribution in [0.4, 0.5) is 0 Å². The minimum Gasteiger partial charge on any atom is -0.295 e. The van der Waals surface area contributed by atoms with Crippen LogP contribution in [0.3, 0.4) is 0 Å². The standard InChI is InChI=1S/C16H18N2O/c1-13-6-3-4-8-15(13)16(19)12-18(2)11-14-7-5-9-17-10-14/h3-10H,11-12H2,1-2H3. The molecule has 0 saturated heterocycles. The lowest BCUT2D eigenvalue weighted by Gasteiger charge is -2.16. The van der Waals surface area contributed by atoms with Crippen LogP contribution in [-0.2, 0) is 6.54 Å². The first kappa shape index (κ1) is 13.4. The molecule has 0 aliphatic carbocycles. The third-order valence-electron chi connectivity index (χ3n) is 3.03. The van der Waals surface area contributed by atoms with Gasteiger partial charge in [0, 0.05) is 24.5 Å². The Hall–Kier alpha value is -2.00. The Bertz CT molecular complexity index is 552. The Balaban J connectivity index is 1.98. The van der Waals surface area contributed by atoms with Crippen molar-refractivity contribution in [1.29, 1.82) is 0 Å². The van der Waals surface area contributed by atoms with E-state index in [1.165, 1.54) is 0 Å². The van der Waals surface area contributed by atoms with Crippen LogP contribution >= 0.6 is 0 Å². The molecule has 1 aromatic heterocycles. The summed E-state index contributed by atoms with van der Waals surface area (Å²) in [5.41, 5.74) is 2.95. The molecule has 2 rings (SSSR count). The minimum atomic E-state index is 0.157. The first-order chi connectivity index (χ1) is 9.16. The fourth-order valence-electron chi connectivity index (χ4n) is 2.08. The van der Waals surface area contributed by atoms with Crippen LogP contribution in [0.5, 0.6) is 0 Å². The highest BCUT2D eigenvalue weighted by Crippen LogP contribution is 2.09. The molecule has 0 radical (unpaired) electrons. The zero-order chi connectivity index (χ0) is 13.7. The van der Waals surface area contributed by atoms with Crippen molar-refractivity contribution in [2.75, 3.05) is 13.6 Å². The van der Waals surface area contributed by atoms with Crippen LogP contribution in [-0.4, -0.2) is 29.3 Å². The predicted octanol–water partition coefficient (Wildman–Crippen LogP) is 2.70. The number of carbonyl (C=O) groups is 1. The second-order valence-corrected chi connectivity index (χ2v) is 4.77. The van der Waals surface area contributed by atoms with E-state index in [-0.39, 0.29) is 5.78 Å². The van der Waals surface area contributed by atoms with Gasteiger partial charge in [0.25, 0.3) is 0 Å². The van der Waals surface area contributed by atoms with Crippen LogP contribution in [0.2, 0.25) is 0 Å². The topological polar surface area (TPSA) is 33.2 Å². The number of hydrogen-bond donors (Lipinski definition) is 0. The van der Waals surface area contributed by atoms with Crippen molar-refractivity contribution in [3.8, 4) is 0 Å². The molecule has 0 aliphatic rings. The van der Waals surface area contributed by atoms with Gasteiger partial charge < -0.3 is 0 Å². The highest BCUT2D eigenvalue weighted by Gasteiger charge is 2.11. The van der Waals surface area contributed by atoms with Gasteiger partial charge in [-0.15, -0.1) is 0 Å². The number of Topliss-reactive ketones (excluding diaryl/α,β-unsaturated/α-hetero) is 1. The van der Waals surface area contributed by atoms with E-state index in [1.807, 2.05) is 61.5 Å². The second kappa shape index (κ2) is 6.25. The molecule has 3 heteroatoms. The number of aryl methyl sites for hydroxylation is 1. The fraction of sp³-hybridized carbons (Fsp3) is 0.250. The zero-order valence-electron chi connectivity index (χ0n) is 11.3. The van der Waals surface area contributed by atoms with Gasteiger partial charge in [0.15, 0.2) is 5.78 Å². The molecule has 0 N–H and O–H groups in total. The van der Waals surface area contributed by atoms with Crippen molar-refractivity contribution < 1.29 is 4.79 Å². The van der Waals surface area contributed by atoms with E-state index < -0.39 is 0 Å². The molecule has 98 valence electrons. The summed E-state index contributed by atoms with van der Waals surface area (Å²) in [6, 6.07) is 11.6. The highest BCUT2D eigenvalue weighted by molar-refractivity contribution is 5.98. The van der Waals surface area contributed by atoms with E-state index in [4.69, 9.17) is 0 Å². The summed E-state index contributed by atoms with van der Waals surface area (Å²) in [5.74, 6) is 0.157. The minimum absolute atomic E-state index is 0.157. The molecular formula is C16H18N2O. The van der Waals surface area contributed by atoms with E-state index >= 15 is 0 Å². The van der Waals surface area contributed by atoms with Crippen LogP contribution in [0, 0.1) is 6.92 Å². The van der Waals surface area contributed by atoms with Gasteiger partial charge in [0.2, 0.25) is 0 Å².